The van der Waals surface area contributed by atoms with Crippen LogP contribution in [0, 0.1) is 13.8 Å². The Kier molecular flexibility index (Phi) is 2.37. The van der Waals surface area contributed by atoms with E-state index in [2.05, 4.69) is 10.1 Å². The molecule has 5 heteroatoms. The number of rotatable bonds is 3. The molecule has 0 bridgehead atoms. The van der Waals surface area contributed by atoms with Crippen molar-refractivity contribution in [1.82, 2.24) is 14.8 Å². The van der Waals surface area contributed by atoms with Gasteiger partial charge in [-0.05, 0) is 26.0 Å². The molecule has 0 amide bonds. The number of carbonyl (C=O) groups is 1. The first kappa shape index (κ1) is 9.64. The highest BCUT2D eigenvalue weighted by molar-refractivity contribution is 5.70. The van der Waals surface area contributed by atoms with Crippen molar-refractivity contribution in [3.8, 4) is 0 Å². The lowest BCUT2D eigenvalue weighted by molar-refractivity contribution is 0.109. The molecular formula is C10H11N3O2. The minimum atomic E-state index is 0.333. The van der Waals surface area contributed by atoms with Crippen LogP contribution in [0.15, 0.2) is 16.5 Å². The van der Waals surface area contributed by atoms with Gasteiger partial charge in [-0.15, -0.1) is 0 Å². The highest BCUT2D eigenvalue weighted by Crippen LogP contribution is 2.08. The van der Waals surface area contributed by atoms with Crippen LogP contribution < -0.4 is 0 Å². The van der Waals surface area contributed by atoms with Gasteiger partial charge in [-0.3, -0.25) is 4.79 Å². The topological polar surface area (TPSA) is 60.9 Å². The summed E-state index contributed by atoms with van der Waals surface area (Å²) in [6.07, 6.45) is 0.683. The van der Waals surface area contributed by atoms with Crippen LogP contribution in [0.5, 0.6) is 0 Å². The Bertz CT molecular complexity index is 485. The average molecular weight is 205 g/mol. The molecule has 2 rings (SSSR count). The first-order valence-corrected chi connectivity index (χ1v) is 4.61. The normalized spacial score (nSPS) is 10.5. The molecule has 0 saturated carbocycles. The smallest absolute Gasteiger partial charge is 0.185 e. The first-order chi connectivity index (χ1) is 7.19. The third kappa shape index (κ3) is 1.96. The molecule has 0 saturated heterocycles. The number of aryl methyl sites for hydroxylation is 2. The number of aldehydes is 1. The van der Waals surface area contributed by atoms with E-state index >= 15 is 0 Å². The average Bonchev–Trinajstić information content (AvgIpc) is 2.75. The third-order valence-electron chi connectivity index (χ3n) is 2.07. The zero-order chi connectivity index (χ0) is 10.8. The molecule has 0 atom stereocenters. The van der Waals surface area contributed by atoms with Gasteiger partial charge in [-0.25, -0.2) is 9.67 Å². The van der Waals surface area contributed by atoms with E-state index in [0.717, 1.165) is 11.6 Å². The summed E-state index contributed by atoms with van der Waals surface area (Å²) in [6, 6.07) is 3.40. The fourth-order valence-corrected chi connectivity index (χ4v) is 1.40. The summed E-state index contributed by atoms with van der Waals surface area (Å²) in [5, 5.41) is 4.20. The van der Waals surface area contributed by atoms with Crippen molar-refractivity contribution in [3.05, 3.63) is 35.3 Å². The van der Waals surface area contributed by atoms with Crippen LogP contribution in [0.25, 0.3) is 0 Å². The molecule has 15 heavy (non-hydrogen) atoms. The van der Waals surface area contributed by atoms with Gasteiger partial charge in [0.25, 0.3) is 0 Å². The third-order valence-corrected chi connectivity index (χ3v) is 2.07. The minimum Gasteiger partial charge on any atom is -0.456 e. The van der Waals surface area contributed by atoms with Crippen molar-refractivity contribution >= 4 is 6.29 Å². The van der Waals surface area contributed by atoms with Crippen molar-refractivity contribution in [1.29, 1.82) is 0 Å². The lowest BCUT2D eigenvalue weighted by atomic mass is 10.4. The number of furan rings is 1. The molecule has 78 valence electrons. The second kappa shape index (κ2) is 3.68. The number of carbonyl (C=O) groups excluding carboxylic acids is 1. The predicted molar refractivity (Wildman–Crippen MR) is 52.7 cm³/mol. The molecule has 0 aliphatic heterocycles. The van der Waals surface area contributed by atoms with E-state index in [1.165, 1.54) is 0 Å². The van der Waals surface area contributed by atoms with E-state index in [-0.39, 0.29) is 0 Å². The molecule has 0 aromatic carbocycles. The lowest BCUT2D eigenvalue weighted by Crippen LogP contribution is -2.03. The largest absolute Gasteiger partial charge is 0.456 e. The molecule has 0 spiro atoms. The van der Waals surface area contributed by atoms with Crippen LogP contribution in [0.3, 0.4) is 0 Å². The van der Waals surface area contributed by atoms with E-state index < -0.39 is 0 Å². The summed E-state index contributed by atoms with van der Waals surface area (Å²) in [5.41, 5.74) is 0. The van der Waals surface area contributed by atoms with Crippen molar-refractivity contribution in [2.45, 2.75) is 20.4 Å². The summed E-state index contributed by atoms with van der Waals surface area (Å²) >= 11 is 0. The Morgan fingerprint density at radius 1 is 1.47 bits per heavy atom. The highest BCUT2D eigenvalue weighted by Gasteiger charge is 2.06. The Morgan fingerprint density at radius 2 is 2.27 bits per heavy atom. The number of hydrogen-bond acceptors (Lipinski definition) is 4. The van der Waals surface area contributed by atoms with Crippen molar-refractivity contribution in [3.63, 3.8) is 0 Å². The van der Waals surface area contributed by atoms with E-state index in [9.17, 15) is 4.79 Å². The van der Waals surface area contributed by atoms with Crippen LogP contribution in [0.1, 0.15) is 28.0 Å². The van der Waals surface area contributed by atoms with Crippen molar-refractivity contribution < 1.29 is 9.21 Å². The number of hydrogen-bond donors (Lipinski definition) is 0. The predicted octanol–water partition coefficient (Wildman–Crippen LogP) is 1.35. The van der Waals surface area contributed by atoms with Gasteiger partial charge in [0.1, 0.15) is 24.0 Å². The van der Waals surface area contributed by atoms with E-state index in [0.29, 0.717) is 24.4 Å². The molecule has 5 nitrogen and oxygen atoms in total. The maximum Gasteiger partial charge on any atom is 0.185 e. The molecule has 0 fully saturated rings. The van der Waals surface area contributed by atoms with Gasteiger partial charge < -0.3 is 4.42 Å². The van der Waals surface area contributed by atoms with E-state index in [4.69, 9.17) is 4.42 Å². The molecule has 0 radical (unpaired) electrons. The maximum absolute atomic E-state index is 10.4. The quantitative estimate of drug-likeness (QED) is 0.709. The Hall–Kier alpha value is -1.91. The van der Waals surface area contributed by atoms with Gasteiger partial charge in [0.15, 0.2) is 12.0 Å². The van der Waals surface area contributed by atoms with Crippen LogP contribution in [-0.4, -0.2) is 21.1 Å². The SMILES string of the molecule is Cc1nc(C)n(Cc2ccc(C=O)o2)n1. The Balaban J connectivity index is 2.21. The van der Waals surface area contributed by atoms with Gasteiger partial charge in [-0.2, -0.15) is 5.10 Å². The monoisotopic (exact) mass is 205 g/mol. The standard InChI is InChI=1S/C10H11N3O2/c1-7-11-8(2)13(12-7)5-9-3-4-10(6-14)15-9/h3-4,6H,5H2,1-2H3. The molecule has 0 aliphatic carbocycles. The summed E-state index contributed by atoms with van der Waals surface area (Å²) in [4.78, 5) is 14.6. The molecule has 2 aromatic rings. The summed E-state index contributed by atoms with van der Waals surface area (Å²) < 4.78 is 6.98. The summed E-state index contributed by atoms with van der Waals surface area (Å²) in [6.45, 7) is 4.21. The minimum absolute atomic E-state index is 0.333. The summed E-state index contributed by atoms with van der Waals surface area (Å²) in [5.74, 6) is 2.59. The highest BCUT2D eigenvalue weighted by atomic mass is 16.3. The van der Waals surface area contributed by atoms with Gasteiger partial charge in [0.05, 0.1) is 0 Å². The fourth-order valence-electron chi connectivity index (χ4n) is 1.40. The second-order valence-corrected chi connectivity index (χ2v) is 3.29. The molecule has 2 aromatic heterocycles. The molecule has 2 heterocycles. The van der Waals surface area contributed by atoms with E-state index in [1.54, 1.807) is 16.8 Å². The number of aromatic nitrogens is 3. The van der Waals surface area contributed by atoms with E-state index in [1.807, 2.05) is 13.8 Å². The van der Waals surface area contributed by atoms with Crippen molar-refractivity contribution in [2.24, 2.45) is 0 Å². The molecular weight excluding hydrogens is 194 g/mol. The lowest BCUT2D eigenvalue weighted by Gasteiger charge is -1.98. The molecule has 0 unspecified atom stereocenters. The van der Waals surface area contributed by atoms with Gasteiger partial charge in [-0.1, -0.05) is 0 Å². The van der Waals surface area contributed by atoms with Gasteiger partial charge in [0.2, 0.25) is 0 Å². The first-order valence-electron chi connectivity index (χ1n) is 4.61. The zero-order valence-corrected chi connectivity index (χ0v) is 8.60. The van der Waals surface area contributed by atoms with Crippen LogP contribution >= 0.6 is 0 Å². The van der Waals surface area contributed by atoms with Crippen LogP contribution in [0.4, 0.5) is 0 Å². The fraction of sp³-hybridized carbons (Fsp3) is 0.300. The zero-order valence-electron chi connectivity index (χ0n) is 8.60. The molecule has 0 aliphatic rings. The van der Waals surface area contributed by atoms with Crippen molar-refractivity contribution in [2.75, 3.05) is 0 Å². The second-order valence-electron chi connectivity index (χ2n) is 3.29. The maximum atomic E-state index is 10.4. The Labute approximate surface area is 86.7 Å². The summed E-state index contributed by atoms with van der Waals surface area (Å²) in [7, 11) is 0. The van der Waals surface area contributed by atoms with Gasteiger partial charge >= 0.3 is 0 Å². The Morgan fingerprint density at radius 3 is 2.80 bits per heavy atom. The number of nitrogens with zero attached hydrogens (tertiary/aromatic N) is 3. The van der Waals surface area contributed by atoms with Crippen LogP contribution in [0.2, 0.25) is 0 Å². The molecule has 0 N–H and O–H groups in total. The van der Waals surface area contributed by atoms with Crippen LogP contribution in [-0.2, 0) is 6.54 Å². The van der Waals surface area contributed by atoms with Gasteiger partial charge in [0, 0.05) is 0 Å².